The summed E-state index contributed by atoms with van der Waals surface area (Å²) in [6.45, 7) is 0. The normalized spacial score (nSPS) is 10.2. The minimum Gasteiger partial charge on any atom is -0.398 e. The number of primary amides is 1. The fourth-order valence-electron chi connectivity index (χ4n) is 1.59. The minimum absolute atomic E-state index is 0.304. The standard InChI is InChI=1S/C13H11Br2N3O/c14-7-1-4-12(10(15)5-7)18-8-2-3-11(16)9(6-8)13(17)19/h1-6,18H,16H2,(H2,17,19). The minimum atomic E-state index is -0.545. The molecule has 5 N–H and O–H groups in total. The molecule has 0 radical (unpaired) electrons. The van der Waals surface area contributed by atoms with Crippen LogP contribution in [0, 0.1) is 0 Å². The Bertz CT molecular complexity index is 644. The van der Waals surface area contributed by atoms with Crippen LogP contribution in [-0.4, -0.2) is 5.91 Å². The number of halogens is 2. The van der Waals surface area contributed by atoms with E-state index in [2.05, 4.69) is 37.2 Å². The van der Waals surface area contributed by atoms with Gasteiger partial charge in [0.05, 0.1) is 11.3 Å². The van der Waals surface area contributed by atoms with E-state index in [9.17, 15) is 4.79 Å². The number of amides is 1. The van der Waals surface area contributed by atoms with Gasteiger partial charge in [-0.05, 0) is 52.3 Å². The fraction of sp³-hybridized carbons (Fsp3) is 0. The van der Waals surface area contributed by atoms with Crippen LogP contribution >= 0.6 is 31.9 Å². The van der Waals surface area contributed by atoms with E-state index < -0.39 is 5.91 Å². The zero-order valence-corrected chi connectivity index (χ0v) is 13.0. The lowest BCUT2D eigenvalue weighted by molar-refractivity contribution is 0.100. The van der Waals surface area contributed by atoms with Gasteiger partial charge in [-0.1, -0.05) is 15.9 Å². The van der Waals surface area contributed by atoms with Gasteiger partial charge in [-0.3, -0.25) is 4.79 Å². The predicted molar refractivity (Wildman–Crippen MR) is 84.5 cm³/mol. The lowest BCUT2D eigenvalue weighted by Gasteiger charge is -2.11. The molecule has 0 spiro atoms. The van der Waals surface area contributed by atoms with Gasteiger partial charge in [-0.15, -0.1) is 0 Å². The summed E-state index contributed by atoms with van der Waals surface area (Å²) >= 11 is 6.84. The highest BCUT2D eigenvalue weighted by Gasteiger charge is 2.08. The molecule has 98 valence electrons. The molecule has 0 aliphatic rings. The van der Waals surface area contributed by atoms with Crippen LogP contribution in [0.4, 0.5) is 17.1 Å². The van der Waals surface area contributed by atoms with Crippen molar-refractivity contribution in [3.8, 4) is 0 Å². The van der Waals surface area contributed by atoms with E-state index >= 15 is 0 Å². The van der Waals surface area contributed by atoms with Crippen molar-refractivity contribution in [2.75, 3.05) is 11.1 Å². The second-order valence-electron chi connectivity index (χ2n) is 3.92. The maximum Gasteiger partial charge on any atom is 0.250 e. The molecule has 0 aliphatic carbocycles. The molecule has 0 heterocycles. The first kappa shape index (κ1) is 13.9. The number of hydrogen-bond acceptors (Lipinski definition) is 3. The van der Waals surface area contributed by atoms with Crippen LogP contribution in [0.5, 0.6) is 0 Å². The third kappa shape index (κ3) is 3.27. The predicted octanol–water partition coefficient (Wildman–Crippen LogP) is 3.64. The molecule has 0 fully saturated rings. The van der Waals surface area contributed by atoms with E-state index in [1.54, 1.807) is 18.2 Å². The summed E-state index contributed by atoms with van der Waals surface area (Å²) in [5.41, 5.74) is 13.2. The second kappa shape index (κ2) is 5.63. The summed E-state index contributed by atoms with van der Waals surface area (Å²) < 4.78 is 1.87. The SMILES string of the molecule is NC(=O)c1cc(Nc2ccc(Br)cc2Br)ccc1N. The van der Waals surface area contributed by atoms with E-state index in [1.165, 1.54) is 0 Å². The quantitative estimate of drug-likeness (QED) is 0.706. The second-order valence-corrected chi connectivity index (χ2v) is 5.69. The molecule has 0 bridgehead atoms. The van der Waals surface area contributed by atoms with Gasteiger partial charge in [-0.25, -0.2) is 0 Å². The number of rotatable bonds is 3. The van der Waals surface area contributed by atoms with Crippen molar-refractivity contribution in [3.05, 3.63) is 50.9 Å². The van der Waals surface area contributed by atoms with E-state index in [0.717, 1.165) is 20.3 Å². The highest BCUT2D eigenvalue weighted by Crippen LogP contribution is 2.29. The van der Waals surface area contributed by atoms with Crippen LogP contribution in [-0.2, 0) is 0 Å². The molecule has 0 saturated heterocycles. The third-order valence-electron chi connectivity index (χ3n) is 2.53. The van der Waals surface area contributed by atoms with Crippen LogP contribution < -0.4 is 16.8 Å². The zero-order chi connectivity index (χ0) is 14.0. The van der Waals surface area contributed by atoms with Crippen molar-refractivity contribution in [2.24, 2.45) is 5.73 Å². The number of nitrogens with one attached hydrogen (secondary N) is 1. The Morgan fingerprint density at radius 1 is 1.11 bits per heavy atom. The first-order chi connectivity index (χ1) is 8.97. The Hall–Kier alpha value is -1.53. The Labute approximate surface area is 127 Å². The number of nitrogens with two attached hydrogens (primary N) is 2. The van der Waals surface area contributed by atoms with Crippen molar-refractivity contribution in [2.45, 2.75) is 0 Å². The van der Waals surface area contributed by atoms with Gasteiger partial charge in [0.25, 0.3) is 5.91 Å². The third-order valence-corrected chi connectivity index (χ3v) is 3.68. The number of benzene rings is 2. The number of anilines is 3. The number of carbonyl (C=O) groups excluding carboxylic acids is 1. The molecule has 19 heavy (non-hydrogen) atoms. The average molecular weight is 385 g/mol. The highest BCUT2D eigenvalue weighted by atomic mass is 79.9. The summed E-state index contributed by atoms with van der Waals surface area (Å²) in [7, 11) is 0. The highest BCUT2D eigenvalue weighted by molar-refractivity contribution is 9.11. The zero-order valence-electron chi connectivity index (χ0n) is 9.78. The summed E-state index contributed by atoms with van der Waals surface area (Å²) in [5.74, 6) is -0.545. The van der Waals surface area contributed by atoms with Crippen LogP contribution in [0.1, 0.15) is 10.4 Å². The molecule has 0 saturated carbocycles. The summed E-state index contributed by atoms with van der Waals surface area (Å²) in [6.07, 6.45) is 0. The maximum atomic E-state index is 11.2. The first-order valence-electron chi connectivity index (χ1n) is 5.39. The Morgan fingerprint density at radius 2 is 1.84 bits per heavy atom. The molecule has 6 heteroatoms. The van der Waals surface area contributed by atoms with Crippen molar-refractivity contribution in [3.63, 3.8) is 0 Å². The number of nitrogen functional groups attached to an aromatic ring is 1. The van der Waals surface area contributed by atoms with E-state index in [0.29, 0.717) is 11.3 Å². The number of hydrogen-bond donors (Lipinski definition) is 3. The Kier molecular flexibility index (Phi) is 4.11. The molecule has 2 aromatic carbocycles. The monoisotopic (exact) mass is 383 g/mol. The van der Waals surface area contributed by atoms with Crippen LogP contribution in [0.25, 0.3) is 0 Å². The summed E-state index contributed by atoms with van der Waals surface area (Å²) in [5, 5.41) is 3.19. The lowest BCUT2D eigenvalue weighted by atomic mass is 10.1. The van der Waals surface area contributed by atoms with E-state index in [-0.39, 0.29) is 0 Å². The summed E-state index contributed by atoms with van der Waals surface area (Å²) in [6, 6.07) is 10.8. The molecule has 2 aromatic rings. The van der Waals surface area contributed by atoms with E-state index in [1.807, 2.05) is 18.2 Å². The van der Waals surface area contributed by atoms with Gasteiger partial charge in [-0.2, -0.15) is 0 Å². The summed E-state index contributed by atoms with van der Waals surface area (Å²) in [4.78, 5) is 11.2. The molecule has 0 aromatic heterocycles. The van der Waals surface area contributed by atoms with Crippen LogP contribution in [0.15, 0.2) is 45.3 Å². The smallest absolute Gasteiger partial charge is 0.250 e. The van der Waals surface area contributed by atoms with Gasteiger partial charge in [0.2, 0.25) is 0 Å². The molecule has 0 atom stereocenters. The van der Waals surface area contributed by atoms with Gasteiger partial charge in [0, 0.05) is 20.3 Å². The number of carbonyl (C=O) groups is 1. The molecule has 0 aliphatic heterocycles. The van der Waals surface area contributed by atoms with Crippen molar-refractivity contribution in [1.29, 1.82) is 0 Å². The van der Waals surface area contributed by atoms with Gasteiger partial charge < -0.3 is 16.8 Å². The van der Waals surface area contributed by atoms with Crippen molar-refractivity contribution in [1.82, 2.24) is 0 Å². The van der Waals surface area contributed by atoms with Gasteiger partial charge in [0.15, 0.2) is 0 Å². The van der Waals surface area contributed by atoms with Gasteiger partial charge >= 0.3 is 0 Å². The molecular formula is C13H11Br2N3O. The maximum absolute atomic E-state index is 11.2. The lowest BCUT2D eigenvalue weighted by Crippen LogP contribution is -2.13. The fourth-order valence-corrected chi connectivity index (χ4v) is 2.74. The molecule has 0 unspecified atom stereocenters. The molecule has 1 amide bonds. The Balaban J connectivity index is 2.33. The molecule has 4 nitrogen and oxygen atoms in total. The Morgan fingerprint density at radius 3 is 2.47 bits per heavy atom. The van der Waals surface area contributed by atoms with Gasteiger partial charge in [0.1, 0.15) is 0 Å². The van der Waals surface area contributed by atoms with Crippen molar-refractivity contribution >= 4 is 54.8 Å². The topological polar surface area (TPSA) is 81.1 Å². The largest absolute Gasteiger partial charge is 0.398 e. The van der Waals surface area contributed by atoms with E-state index in [4.69, 9.17) is 11.5 Å². The molecular weight excluding hydrogens is 374 g/mol. The first-order valence-corrected chi connectivity index (χ1v) is 6.97. The average Bonchev–Trinajstić information content (AvgIpc) is 2.34. The molecule has 2 rings (SSSR count). The van der Waals surface area contributed by atoms with Crippen molar-refractivity contribution < 1.29 is 4.79 Å². The van der Waals surface area contributed by atoms with Crippen LogP contribution in [0.2, 0.25) is 0 Å². The van der Waals surface area contributed by atoms with Crippen LogP contribution in [0.3, 0.4) is 0 Å².